The van der Waals surface area contributed by atoms with Crippen molar-refractivity contribution in [2.24, 2.45) is 0 Å². The van der Waals surface area contributed by atoms with Crippen molar-refractivity contribution in [3.05, 3.63) is 23.8 Å². The molecule has 2 heterocycles. The van der Waals surface area contributed by atoms with E-state index in [1.165, 1.54) is 0 Å². The lowest BCUT2D eigenvalue weighted by atomic mass is 10.1. The van der Waals surface area contributed by atoms with Gasteiger partial charge in [-0.2, -0.15) is 0 Å². The molecule has 1 amide bonds. The van der Waals surface area contributed by atoms with E-state index in [-0.39, 0.29) is 23.6 Å². The van der Waals surface area contributed by atoms with Crippen molar-refractivity contribution >= 4 is 27.3 Å². The van der Waals surface area contributed by atoms with Gasteiger partial charge in [0.2, 0.25) is 0 Å². The fourth-order valence-corrected chi connectivity index (χ4v) is 5.16. The molecule has 2 aliphatic rings. The molecule has 0 aliphatic carbocycles. The van der Waals surface area contributed by atoms with Crippen LogP contribution in [0, 0.1) is 6.92 Å². The highest BCUT2D eigenvalue weighted by Gasteiger charge is 2.30. The summed E-state index contributed by atoms with van der Waals surface area (Å²) in [5.41, 5.74) is 2.89. The Kier molecular flexibility index (Phi) is 6.03. The molecule has 2 aliphatic heterocycles. The van der Waals surface area contributed by atoms with Crippen LogP contribution >= 0.6 is 0 Å². The van der Waals surface area contributed by atoms with E-state index in [0.29, 0.717) is 26.2 Å². The number of rotatable bonds is 2. The van der Waals surface area contributed by atoms with E-state index < -0.39 is 15.4 Å². The van der Waals surface area contributed by atoms with E-state index in [4.69, 9.17) is 4.74 Å². The third kappa shape index (κ3) is 5.35. The molecule has 0 bridgehead atoms. The van der Waals surface area contributed by atoms with Crippen LogP contribution in [-0.2, 0) is 14.6 Å². The number of carbonyl (C=O) groups is 1. The van der Waals surface area contributed by atoms with Crippen LogP contribution in [0.3, 0.4) is 0 Å². The van der Waals surface area contributed by atoms with Crippen molar-refractivity contribution < 1.29 is 17.9 Å². The van der Waals surface area contributed by atoms with Crippen LogP contribution in [-0.4, -0.2) is 75.3 Å². The average molecular weight is 424 g/mol. The largest absolute Gasteiger partial charge is 0.444 e. The van der Waals surface area contributed by atoms with Crippen molar-refractivity contribution in [3.8, 4) is 0 Å². The van der Waals surface area contributed by atoms with Gasteiger partial charge in [0.25, 0.3) is 0 Å². The molecule has 1 aromatic rings. The zero-order chi connectivity index (χ0) is 21.4. The van der Waals surface area contributed by atoms with E-state index >= 15 is 0 Å². The van der Waals surface area contributed by atoms with Crippen molar-refractivity contribution in [2.75, 3.05) is 54.0 Å². The summed E-state index contributed by atoms with van der Waals surface area (Å²) in [5, 5.41) is 0. The quantitative estimate of drug-likeness (QED) is 0.728. The van der Waals surface area contributed by atoms with Gasteiger partial charge in [-0.3, -0.25) is 0 Å². The summed E-state index contributed by atoms with van der Waals surface area (Å²) in [6.45, 7) is 12.9. The first-order chi connectivity index (χ1) is 13.5. The number of benzene rings is 1. The average Bonchev–Trinajstić information content (AvgIpc) is 2.60. The van der Waals surface area contributed by atoms with Crippen molar-refractivity contribution in [3.63, 3.8) is 0 Å². The molecule has 0 aromatic heterocycles. The molecule has 0 radical (unpaired) electrons. The second-order valence-electron chi connectivity index (χ2n) is 9.08. The van der Waals surface area contributed by atoms with Gasteiger partial charge in [0.05, 0.1) is 11.5 Å². The fraction of sp³-hybridized carbons (Fsp3) is 0.667. The van der Waals surface area contributed by atoms with Crippen LogP contribution in [0.4, 0.5) is 16.2 Å². The number of carbonyl (C=O) groups excluding carboxylic acids is 1. The molecule has 7 nitrogen and oxygen atoms in total. The second-order valence-corrected chi connectivity index (χ2v) is 11.4. The first-order valence-corrected chi connectivity index (χ1v) is 12.1. The minimum absolute atomic E-state index is 0.182. The number of hydrogen-bond acceptors (Lipinski definition) is 6. The molecule has 3 rings (SSSR count). The maximum atomic E-state index is 12.4. The van der Waals surface area contributed by atoms with E-state index in [2.05, 4.69) is 41.8 Å². The molecule has 1 aromatic carbocycles. The van der Waals surface area contributed by atoms with Crippen LogP contribution in [0.25, 0.3) is 0 Å². The lowest BCUT2D eigenvalue weighted by Gasteiger charge is -2.41. The summed E-state index contributed by atoms with van der Waals surface area (Å²) in [6, 6.07) is 6.54. The minimum Gasteiger partial charge on any atom is -0.444 e. The van der Waals surface area contributed by atoms with Gasteiger partial charge < -0.3 is 19.4 Å². The maximum absolute atomic E-state index is 12.4. The Labute approximate surface area is 174 Å². The Morgan fingerprint density at radius 2 is 1.76 bits per heavy atom. The van der Waals surface area contributed by atoms with Crippen LogP contribution in [0.5, 0.6) is 0 Å². The van der Waals surface area contributed by atoms with Crippen LogP contribution in [0.1, 0.15) is 33.3 Å². The molecule has 29 heavy (non-hydrogen) atoms. The highest BCUT2D eigenvalue weighted by molar-refractivity contribution is 7.91. The number of amides is 1. The van der Waals surface area contributed by atoms with Gasteiger partial charge in [-0.1, -0.05) is 0 Å². The van der Waals surface area contributed by atoms with Crippen LogP contribution < -0.4 is 9.80 Å². The van der Waals surface area contributed by atoms with E-state index in [1.54, 1.807) is 4.90 Å². The second kappa shape index (κ2) is 8.05. The summed E-state index contributed by atoms with van der Waals surface area (Å²) >= 11 is 0. The van der Waals surface area contributed by atoms with Crippen LogP contribution in [0.15, 0.2) is 18.2 Å². The monoisotopic (exact) mass is 423 g/mol. The first-order valence-electron chi connectivity index (χ1n) is 10.3. The third-order valence-electron chi connectivity index (χ3n) is 5.48. The smallest absolute Gasteiger partial charge is 0.410 e. The molecule has 0 saturated carbocycles. The lowest BCUT2D eigenvalue weighted by Crippen LogP contribution is -2.54. The standard InChI is InChI=1S/C21H33N3O4S/c1-16-14-18(6-7-19(16)22-10-12-29(26,27)13-11-22)24-9-8-23(15-17(24)2)20(25)28-21(3,4)5/h6-7,14,17H,8-13,15H2,1-5H3/t17-/m0/s1. The van der Waals surface area contributed by atoms with Crippen molar-refractivity contribution in [2.45, 2.75) is 46.3 Å². The fourth-order valence-electron chi connectivity index (χ4n) is 3.96. The topological polar surface area (TPSA) is 70.2 Å². The molecule has 8 heteroatoms. The highest BCUT2D eigenvalue weighted by atomic mass is 32.2. The number of piperazine rings is 1. The predicted octanol–water partition coefficient (Wildman–Crippen LogP) is 2.68. The van der Waals surface area contributed by atoms with Gasteiger partial charge in [-0.25, -0.2) is 13.2 Å². The highest BCUT2D eigenvalue weighted by Crippen LogP contribution is 2.29. The number of nitrogens with zero attached hydrogens (tertiary/aromatic N) is 3. The number of hydrogen-bond donors (Lipinski definition) is 0. The molecule has 1 atom stereocenters. The number of aryl methyl sites for hydroxylation is 1. The Balaban J connectivity index is 1.66. The van der Waals surface area contributed by atoms with E-state index in [9.17, 15) is 13.2 Å². The molecular formula is C21H33N3O4S. The number of ether oxygens (including phenoxy) is 1. The van der Waals surface area contributed by atoms with Gasteiger partial charge in [0, 0.05) is 50.1 Å². The van der Waals surface area contributed by atoms with Gasteiger partial charge >= 0.3 is 6.09 Å². The Bertz CT molecular complexity index is 849. The zero-order valence-corrected chi connectivity index (χ0v) is 19.0. The van der Waals surface area contributed by atoms with Gasteiger partial charge in [-0.05, 0) is 58.4 Å². The molecular weight excluding hydrogens is 390 g/mol. The summed E-state index contributed by atoms with van der Waals surface area (Å²) in [7, 11) is -2.89. The molecule has 162 valence electrons. The van der Waals surface area contributed by atoms with E-state index in [1.807, 2.05) is 20.8 Å². The molecule has 2 saturated heterocycles. The molecule has 0 N–H and O–H groups in total. The number of sulfone groups is 1. The normalized spacial score (nSPS) is 22.5. The maximum Gasteiger partial charge on any atom is 0.410 e. The third-order valence-corrected chi connectivity index (χ3v) is 7.09. The molecule has 2 fully saturated rings. The van der Waals surface area contributed by atoms with Crippen molar-refractivity contribution in [1.29, 1.82) is 0 Å². The summed E-state index contributed by atoms with van der Waals surface area (Å²) in [4.78, 5) is 18.6. The zero-order valence-electron chi connectivity index (χ0n) is 18.1. The Morgan fingerprint density at radius 1 is 1.10 bits per heavy atom. The predicted molar refractivity (Wildman–Crippen MR) is 117 cm³/mol. The Morgan fingerprint density at radius 3 is 2.31 bits per heavy atom. The SMILES string of the molecule is Cc1cc(N2CCN(C(=O)OC(C)(C)C)C[C@@H]2C)ccc1N1CCS(=O)(=O)CC1. The summed E-state index contributed by atoms with van der Waals surface area (Å²) in [5.74, 6) is 0.440. The van der Waals surface area contributed by atoms with Gasteiger partial charge in [0.1, 0.15) is 5.60 Å². The van der Waals surface area contributed by atoms with E-state index in [0.717, 1.165) is 23.5 Å². The first kappa shape index (κ1) is 21.7. The van der Waals surface area contributed by atoms with Gasteiger partial charge in [-0.15, -0.1) is 0 Å². The lowest BCUT2D eigenvalue weighted by molar-refractivity contribution is 0.0219. The molecule has 0 spiro atoms. The minimum atomic E-state index is -2.89. The van der Waals surface area contributed by atoms with Crippen molar-refractivity contribution in [1.82, 2.24) is 4.90 Å². The number of anilines is 2. The Hall–Kier alpha value is -1.96. The summed E-state index contributed by atoms with van der Waals surface area (Å²) < 4.78 is 28.9. The van der Waals surface area contributed by atoms with Crippen LogP contribution in [0.2, 0.25) is 0 Å². The summed E-state index contributed by atoms with van der Waals surface area (Å²) in [6.07, 6.45) is -0.254. The van der Waals surface area contributed by atoms with Gasteiger partial charge in [0.15, 0.2) is 9.84 Å². The molecule has 0 unspecified atom stereocenters.